The highest BCUT2D eigenvalue weighted by molar-refractivity contribution is 5.88. The highest BCUT2D eigenvalue weighted by Gasteiger charge is 2.20. The molecule has 8 nitrogen and oxygen atoms in total. The summed E-state index contributed by atoms with van der Waals surface area (Å²) in [6.45, 7) is 4.52. The van der Waals surface area contributed by atoms with E-state index in [0.29, 0.717) is 29.9 Å². The normalized spacial score (nSPS) is 14.0. The number of aromatic nitrogens is 4. The van der Waals surface area contributed by atoms with Crippen molar-refractivity contribution >= 4 is 34.1 Å². The quantitative estimate of drug-likeness (QED) is 0.494. The van der Waals surface area contributed by atoms with Crippen LogP contribution in [0.5, 0.6) is 0 Å². The van der Waals surface area contributed by atoms with Gasteiger partial charge in [-0.1, -0.05) is 6.07 Å². The van der Waals surface area contributed by atoms with Crippen molar-refractivity contribution in [1.29, 1.82) is 0 Å². The van der Waals surface area contributed by atoms with E-state index in [2.05, 4.69) is 30.4 Å². The van der Waals surface area contributed by atoms with Gasteiger partial charge < -0.3 is 15.1 Å². The van der Waals surface area contributed by atoms with Gasteiger partial charge in [0, 0.05) is 44.5 Å². The number of carbonyl (C=O) groups is 1. The number of benzene rings is 2. The molecule has 10 heteroatoms. The number of amides is 1. The highest BCUT2D eigenvalue weighted by atomic mass is 19.1. The lowest BCUT2D eigenvalue weighted by atomic mass is 10.2. The predicted molar refractivity (Wildman–Crippen MR) is 121 cm³/mol. The molecular weight excluding hydrogens is 428 g/mol. The van der Waals surface area contributed by atoms with E-state index in [1.165, 1.54) is 24.4 Å². The zero-order valence-electron chi connectivity index (χ0n) is 17.8. The summed E-state index contributed by atoms with van der Waals surface area (Å²) >= 11 is 0. The van der Waals surface area contributed by atoms with Crippen LogP contribution in [0.1, 0.15) is 6.92 Å². The van der Waals surface area contributed by atoms with Gasteiger partial charge in [0.05, 0.1) is 11.8 Å². The molecule has 2 aromatic carbocycles. The van der Waals surface area contributed by atoms with Gasteiger partial charge in [0.15, 0.2) is 11.6 Å². The van der Waals surface area contributed by atoms with E-state index in [9.17, 15) is 13.6 Å². The average Bonchev–Trinajstić information content (AvgIpc) is 3.29. The van der Waals surface area contributed by atoms with Crippen LogP contribution in [0.3, 0.4) is 0 Å². The molecule has 0 atom stereocenters. The fourth-order valence-corrected chi connectivity index (χ4v) is 3.93. The van der Waals surface area contributed by atoms with Crippen LogP contribution in [0.4, 0.5) is 26.0 Å². The van der Waals surface area contributed by atoms with Crippen LogP contribution in [0.2, 0.25) is 0 Å². The zero-order valence-corrected chi connectivity index (χ0v) is 17.8. The molecule has 1 fully saturated rings. The number of H-pyrrole nitrogens is 1. The summed E-state index contributed by atoms with van der Waals surface area (Å²) in [6, 6.07) is 11.4. The van der Waals surface area contributed by atoms with Crippen molar-refractivity contribution in [3.05, 3.63) is 60.3 Å². The number of carbonyl (C=O) groups excluding carboxylic acids is 1. The van der Waals surface area contributed by atoms with Gasteiger partial charge in [0.2, 0.25) is 5.91 Å². The van der Waals surface area contributed by atoms with E-state index in [0.717, 1.165) is 24.5 Å². The standard InChI is InChI=1S/C23H21F2N7O/c1-14(33)31-9-11-32(12-10-31)16-7-5-15(6-8-16)27-23-21-19(13-26-30-21)28-22(29-23)20-17(24)3-2-4-18(20)25/h2-8,13H,9-12H2,1H3,(H,26,30)(H,27,28,29). The van der Waals surface area contributed by atoms with Gasteiger partial charge in [0.1, 0.15) is 22.7 Å². The maximum absolute atomic E-state index is 14.3. The minimum absolute atomic E-state index is 0.0676. The van der Waals surface area contributed by atoms with Crippen molar-refractivity contribution in [1.82, 2.24) is 25.1 Å². The molecule has 3 heterocycles. The molecule has 1 aliphatic rings. The Bertz CT molecular complexity index is 1290. The summed E-state index contributed by atoms with van der Waals surface area (Å²) in [5.74, 6) is -1.09. The van der Waals surface area contributed by atoms with Gasteiger partial charge in [-0.3, -0.25) is 9.89 Å². The monoisotopic (exact) mass is 449 g/mol. The van der Waals surface area contributed by atoms with Gasteiger partial charge in [-0.25, -0.2) is 18.7 Å². The van der Waals surface area contributed by atoms with Crippen LogP contribution in [-0.2, 0) is 4.79 Å². The fraction of sp³-hybridized carbons (Fsp3) is 0.217. The largest absolute Gasteiger partial charge is 0.368 e. The van der Waals surface area contributed by atoms with Crippen LogP contribution in [0.15, 0.2) is 48.7 Å². The van der Waals surface area contributed by atoms with Gasteiger partial charge in [-0.05, 0) is 36.4 Å². The number of nitrogens with one attached hydrogen (secondary N) is 2. The van der Waals surface area contributed by atoms with Crippen LogP contribution in [-0.4, -0.2) is 57.2 Å². The van der Waals surface area contributed by atoms with Crippen LogP contribution < -0.4 is 10.2 Å². The Morgan fingerprint density at radius 1 is 1.00 bits per heavy atom. The third-order valence-corrected chi connectivity index (χ3v) is 5.71. The van der Waals surface area contributed by atoms with E-state index >= 15 is 0 Å². The number of fused-ring (bicyclic) bond motifs is 1. The molecule has 0 bridgehead atoms. The molecule has 1 saturated heterocycles. The number of hydrogen-bond acceptors (Lipinski definition) is 6. The number of aromatic amines is 1. The fourth-order valence-electron chi connectivity index (χ4n) is 3.93. The lowest BCUT2D eigenvalue weighted by molar-refractivity contribution is -0.129. The minimum Gasteiger partial charge on any atom is -0.368 e. The Morgan fingerprint density at radius 2 is 1.70 bits per heavy atom. The van der Waals surface area contributed by atoms with Gasteiger partial charge in [0.25, 0.3) is 0 Å². The first kappa shape index (κ1) is 20.8. The molecular formula is C23H21F2N7O. The molecule has 1 aliphatic heterocycles. The lowest BCUT2D eigenvalue weighted by Crippen LogP contribution is -2.48. The third kappa shape index (κ3) is 4.07. The maximum Gasteiger partial charge on any atom is 0.219 e. The molecule has 168 valence electrons. The third-order valence-electron chi connectivity index (χ3n) is 5.71. The van der Waals surface area contributed by atoms with Crippen molar-refractivity contribution in [3.8, 4) is 11.4 Å². The van der Waals surface area contributed by atoms with E-state index in [4.69, 9.17) is 0 Å². The van der Waals surface area contributed by atoms with Crippen molar-refractivity contribution < 1.29 is 13.6 Å². The molecule has 2 aromatic heterocycles. The summed E-state index contributed by atoms with van der Waals surface area (Å²) in [5, 5.41) is 10.0. The second-order valence-electron chi connectivity index (χ2n) is 7.79. The van der Waals surface area contributed by atoms with Crippen LogP contribution >= 0.6 is 0 Å². The van der Waals surface area contributed by atoms with E-state index in [1.807, 2.05) is 29.2 Å². The van der Waals surface area contributed by atoms with Crippen molar-refractivity contribution in [3.63, 3.8) is 0 Å². The SMILES string of the molecule is CC(=O)N1CCN(c2ccc(Nc3nc(-c4c(F)cccc4F)nc4cn[nH]c34)cc2)CC1. The molecule has 4 aromatic rings. The summed E-state index contributed by atoms with van der Waals surface area (Å²) < 4.78 is 28.6. The number of anilines is 3. The molecule has 0 aliphatic carbocycles. The van der Waals surface area contributed by atoms with Crippen molar-refractivity contribution in [2.75, 3.05) is 36.4 Å². The Labute approximate surface area is 188 Å². The Morgan fingerprint density at radius 3 is 2.36 bits per heavy atom. The number of piperazine rings is 1. The van der Waals surface area contributed by atoms with Crippen LogP contribution in [0, 0.1) is 11.6 Å². The summed E-state index contributed by atoms with van der Waals surface area (Å²) in [4.78, 5) is 24.2. The van der Waals surface area contributed by atoms with Gasteiger partial charge >= 0.3 is 0 Å². The summed E-state index contributed by atoms with van der Waals surface area (Å²) in [5.41, 5.74) is 2.47. The second kappa shape index (κ2) is 8.45. The Kier molecular flexibility index (Phi) is 5.33. The second-order valence-corrected chi connectivity index (χ2v) is 7.79. The Balaban J connectivity index is 1.40. The summed E-state index contributed by atoms with van der Waals surface area (Å²) in [7, 11) is 0. The van der Waals surface area contributed by atoms with Gasteiger partial charge in [-0.2, -0.15) is 5.10 Å². The molecule has 0 spiro atoms. The molecule has 2 N–H and O–H groups in total. The number of rotatable bonds is 4. The number of nitrogens with zero attached hydrogens (tertiary/aromatic N) is 5. The molecule has 1 amide bonds. The van der Waals surface area contributed by atoms with Crippen molar-refractivity contribution in [2.24, 2.45) is 0 Å². The molecule has 33 heavy (non-hydrogen) atoms. The minimum atomic E-state index is -0.738. The zero-order chi connectivity index (χ0) is 22.9. The van der Waals surface area contributed by atoms with Gasteiger partial charge in [-0.15, -0.1) is 0 Å². The smallest absolute Gasteiger partial charge is 0.219 e. The predicted octanol–water partition coefficient (Wildman–Crippen LogP) is 3.71. The number of halogens is 2. The van der Waals surface area contributed by atoms with E-state index in [1.54, 1.807) is 6.92 Å². The first-order valence-electron chi connectivity index (χ1n) is 10.5. The van der Waals surface area contributed by atoms with E-state index < -0.39 is 11.6 Å². The molecule has 5 rings (SSSR count). The topological polar surface area (TPSA) is 90.0 Å². The summed E-state index contributed by atoms with van der Waals surface area (Å²) in [6.07, 6.45) is 1.48. The number of hydrogen-bond donors (Lipinski definition) is 2. The first-order chi connectivity index (χ1) is 16.0. The molecule has 0 unspecified atom stereocenters. The Hall–Kier alpha value is -4.08. The highest BCUT2D eigenvalue weighted by Crippen LogP contribution is 2.29. The molecule has 0 saturated carbocycles. The lowest BCUT2D eigenvalue weighted by Gasteiger charge is -2.35. The van der Waals surface area contributed by atoms with Crippen LogP contribution in [0.25, 0.3) is 22.4 Å². The van der Waals surface area contributed by atoms with E-state index in [-0.39, 0.29) is 17.3 Å². The average molecular weight is 449 g/mol. The molecule has 0 radical (unpaired) electrons. The first-order valence-corrected chi connectivity index (χ1v) is 10.5. The maximum atomic E-state index is 14.3. The van der Waals surface area contributed by atoms with Crippen molar-refractivity contribution in [2.45, 2.75) is 6.92 Å².